The summed E-state index contributed by atoms with van der Waals surface area (Å²) in [5.41, 5.74) is 1.60. The quantitative estimate of drug-likeness (QED) is 0.575. The highest BCUT2D eigenvalue weighted by molar-refractivity contribution is 7.51. The van der Waals surface area contributed by atoms with Gasteiger partial charge in [-0.2, -0.15) is 0 Å². The Morgan fingerprint density at radius 2 is 1.73 bits per heavy atom. The summed E-state index contributed by atoms with van der Waals surface area (Å²) in [7, 11) is -3.28. The van der Waals surface area contributed by atoms with E-state index in [1.54, 1.807) is 4.67 Å². The Labute approximate surface area is 181 Å². The molecule has 30 heavy (non-hydrogen) atoms. The molecule has 2 aromatic rings. The average Bonchev–Trinajstić information content (AvgIpc) is 2.91. The van der Waals surface area contributed by atoms with Crippen molar-refractivity contribution in [1.29, 1.82) is 0 Å². The first-order valence-corrected chi connectivity index (χ1v) is 12.0. The van der Waals surface area contributed by atoms with Gasteiger partial charge in [-0.25, -0.2) is 14.2 Å². The highest BCUT2D eigenvalue weighted by Gasteiger charge is 2.36. The molecule has 2 aliphatic rings. The van der Waals surface area contributed by atoms with Crippen LogP contribution >= 0.6 is 19.3 Å². The molecule has 0 amide bonds. The molecule has 4 rings (SSSR count). The van der Waals surface area contributed by atoms with Gasteiger partial charge in [0, 0.05) is 31.2 Å². The molecule has 7 nitrogen and oxygen atoms in total. The zero-order valence-electron chi connectivity index (χ0n) is 17.1. The SMILES string of the molecule is CCOP(=O)(OCC)N1CCN(C2=Nc3ccccc3Oc3ccc(Cl)cc32)CC1. The lowest BCUT2D eigenvalue weighted by atomic mass is 10.1. The summed E-state index contributed by atoms with van der Waals surface area (Å²) >= 11 is 6.29. The number of amidine groups is 1. The molecule has 9 heteroatoms. The van der Waals surface area contributed by atoms with Gasteiger partial charge in [0.15, 0.2) is 5.75 Å². The second-order valence-corrected chi connectivity index (χ2v) is 9.35. The van der Waals surface area contributed by atoms with Gasteiger partial charge in [0.05, 0.1) is 18.8 Å². The Kier molecular flexibility index (Phi) is 6.46. The molecular formula is C21H25ClN3O4P. The molecule has 0 N–H and O–H groups in total. The van der Waals surface area contributed by atoms with E-state index in [1.807, 2.05) is 56.3 Å². The fourth-order valence-corrected chi connectivity index (χ4v) is 5.51. The second kappa shape index (κ2) is 9.08. The van der Waals surface area contributed by atoms with Gasteiger partial charge in [0.2, 0.25) is 0 Å². The summed E-state index contributed by atoms with van der Waals surface area (Å²) in [6, 6.07) is 13.2. The van der Waals surface area contributed by atoms with Crippen LogP contribution < -0.4 is 4.74 Å². The van der Waals surface area contributed by atoms with Gasteiger partial charge in [-0.15, -0.1) is 0 Å². The van der Waals surface area contributed by atoms with E-state index in [0.717, 1.165) is 17.1 Å². The summed E-state index contributed by atoms with van der Waals surface area (Å²) in [5, 5.41) is 0.617. The number of halogens is 1. The van der Waals surface area contributed by atoms with E-state index in [4.69, 9.17) is 30.4 Å². The van der Waals surface area contributed by atoms with Crippen LogP contribution in [0.5, 0.6) is 11.5 Å². The lowest BCUT2D eigenvalue weighted by Crippen LogP contribution is -2.48. The van der Waals surface area contributed by atoms with Crippen LogP contribution in [0.15, 0.2) is 47.5 Å². The number of benzene rings is 2. The summed E-state index contributed by atoms with van der Waals surface area (Å²) < 4.78 is 32.0. The van der Waals surface area contributed by atoms with E-state index < -0.39 is 7.75 Å². The van der Waals surface area contributed by atoms with Crippen LogP contribution in [0.3, 0.4) is 0 Å². The number of piperazine rings is 1. The maximum Gasteiger partial charge on any atom is 0.408 e. The summed E-state index contributed by atoms with van der Waals surface area (Å²) in [5.74, 6) is 2.20. The summed E-state index contributed by atoms with van der Waals surface area (Å²) in [6.07, 6.45) is 0. The van der Waals surface area contributed by atoms with Crippen molar-refractivity contribution in [2.45, 2.75) is 13.8 Å². The van der Waals surface area contributed by atoms with Gasteiger partial charge in [0.25, 0.3) is 0 Å². The molecule has 0 bridgehead atoms. The van der Waals surface area contributed by atoms with E-state index in [9.17, 15) is 4.57 Å². The van der Waals surface area contributed by atoms with Crippen LogP contribution in [-0.2, 0) is 13.6 Å². The van der Waals surface area contributed by atoms with Crippen LogP contribution in [0.4, 0.5) is 5.69 Å². The predicted molar refractivity (Wildman–Crippen MR) is 118 cm³/mol. The van der Waals surface area contributed by atoms with Gasteiger partial charge < -0.3 is 9.64 Å². The molecule has 0 radical (unpaired) electrons. The van der Waals surface area contributed by atoms with Crippen LogP contribution in [0.2, 0.25) is 5.02 Å². The minimum absolute atomic E-state index is 0.337. The molecule has 0 atom stereocenters. The first kappa shape index (κ1) is 21.3. The average molecular weight is 450 g/mol. The van der Waals surface area contributed by atoms with E-state index in [-0.39, 0.29) is 0 Å². The highest BCUT2D eigenvalue weighted by atomic mass is 35.5. The Morgan fingerprint density at radius 3 is 2.43 bits per heavy atom. The minimum Gasteiger partial charge on any atom is -0.454 e. The second-order valence-electron chi connectivity index (χ2n) is 6.89. The van der Waals surface area contributed by atoms with E-state index in [2.05, 4.69) is 4.90 Å². The van der Waals surface area contributed by atoms with E-state index in [0.29, 0.717) is 55.9 Å². The molecule has 1 saturated heterocycles. The molecule has 0 spiro atoms. The number of fused-ring (bicyclic) bond motifs is 2. The number of rotatable bonds is 5. The fraction of sp³-hybridized carbons (Fsp3) is 0.381. The number of hydrogen-bond acceptors (Lipinski definition) is 6. The predicted octanol–water partition coefficient (Wildman–Crippen LogP) is 5.32. The first-order valence-electron chi connectivity index (χ1n) is 10.1. The maximum absolute atomic E-state index is 13.1. The summed E-state index contributed by atoms with van der Waals surface area (Å²) in [6.45, 7) is 6.63. The largest absolute Gasteiger partial charge is 0.454 e. The monoisotopic (exact) mass is 449 g/mol. The van der Waals surface area contributed by atoms with Gasteiger partial charge in [-0.05, 0) is 44.2 Å². The zero-order chi connectivity index (χ0) is 21.1. The third-order valence-corrected chi connectivity index (χ3v) is 7.48. The van der Waals surface area contributed by atoms with Gasteiger partial charge in [0.1, 0.15) is 17.3 Å². The van der Waals surface area contributed by atoms with Crippen molar-refractivity contribution in [3.05, 3.63) is 53.1 Å². The molecule has 0 aromatic heterocycles. The Balaban J connectivity index is 1.63. The van der Waals surface area contributed by atoms with Crippen molar-refractivity contribution >= 4 is 30.9 Å². The van der Waals surface area contributed by atoms with E-state index in [1.165, 1.54) is 0 Å². The van der Waals surface area contributed by atoms with Crippen molar-refractivity contribution in [3.8, 4) is 11.5 Å². The standard InChI is InChI=1S/C21H25ClN3O4P/c1-3-27-30(26,28-4-2)25-13-11-24(12-14-25)21-17-15-16(22)9-10-19(17)29-20-8-6-5-7-18(20)23-21/h5-10,15H,3-4,11-14H2,1-2H3. The molecule has 160 valence electrons. The number of nitrogens with zero attached hydrogens (tertiary/aromatic N) is 3. The molecule has 2 aromatic carbocycles. The van der Waals surface area contributed by atoms with Crippen LogP contribution in [0.1, 0.15) is 19.4 Å². The number of para-hydroxylation sites is 2. The van der Waals surface area contributed by atoms with Gasteiger partial charge in [-0.1, -0.05) is 23.7 Å². The normalized spacial score (nSPS) is 16.9. The van der Waals surface area contributed by atoms with Gasteiger partial charge >= 0.3 is 7.75 Å². The van der Waals surface area contributed by atoms with Crippen molar-refractivity contribution in [2.75, 3.05) is 39.4 Å². The Bertz CT molecular complexity index is 982. The number of hydrogen-bond donors (Lipinski definition) is 0. The highest BCUT2D eigenvalue weighted by Crippen LogP contribution is 2.52. The smallest absolute Gasteiger partial charge is 0.408 e. The summed E-state index contributed by atoms with van der Waals surface area (Å²) in [4.78, 5) is 7.08. The zero-order valence-corrected chi connectivity index (χ0v) is 18.7. The molecule has 0 unspecified atom stereocenters. The molecule has 0 saturated carbocycles. The van der Waals surface area contributed by atoms with Crippen LogP contribution in [0, 0.1) is 0 Å². The number of aliphatic imine (C=N–C) groups is 1. The third-order valence-electron chi connectivity index (χ3n) is 4.98. The lowest BCUT2D eigenvalue weighted by Gasteiger charge is -2.38. The molecule has 0 aliphatic carbocycles. The van der Waals surface area contributed by atoms with Crippen molar-refractivity contribution in [2.24, 2.45) is 4.99 Å². The number of ether oxygens (including phenoxy) is 1. The first-order chi connectivity index (χ1) is 14.5. The maximum atomic E-state index is 13.1. The topological polar surface area (TPSA) is 63.6 Å². The van der Waals surface area contributed by atoms with Crippen molar-refractivity contribution in [1.82, 2.24) is 9.57 Å². The Morgan fingerprint density at radius 1 is 1.03 bits per heavy atom. The Hall–Kier alpha value is -1.89. The fourth-order valence-electron chi connectivity index (χ4n) is 3.62. The third kappa shape index (κ3) is 4.27. The molecule has 2 aliphatic heterocycles. The van der Waals surface area contributed by atoms with Crippen molar-refractivity contribution < 1.29 is 18.3 Å². The molecular weight excluding hydrogens is 425 g/mol. The van der Waals surface area contributed by atoms with Gasteiger partial charge in [-0.3, -0.25) is 9.05 Å². The van der Waals surface area contributed by atoms with Crippen LogP contribution in [0.25, 0.3) is 0 Å². The lowest BCUT2D eigenvalue weighted by molar-refractivity contribution is 0.146. The minimum atomic E-state index is -3.28. The molecule has 2 heterocycles. The van der Waals surface area contributed by atoms with E-state index >= 15 is 0 Å². The van der Waals surface area contributed by atoms with Crippen LogP contribution in [-0.4, -0.2) is 54.8 Å². The molecule has 1 fully saturated rings. The van der Waals surface area contributed by atoms with Crippen molar-refractivity contribution in [3.63, 3.8) is 0 Å².